The molecule has 2 nitrogen and oxygen atoms in total. The number of methoxy groups -OCH3 is 1. The third-order valence-corrected chi connectivity index (χ3v) is 2.63. The number of rotatable bonds is 6. The van der Waals surface area contributed by atoms with Crippen LogP contribution in [0.4, 0.5) is 0 Å². The second kappa shape index (κ2) is 6.06. The average molecular weight is 200 g/mol. The molecule has 0 aliphatic rings. The zero-order valence-corrected chi connectivity index (χ0v) is 8.50. The number of halogens is 2. The maximum Gasteiger partial charge on any atom is 0.0587 e. The summed E-state index contributed by atoms with van der Waals surface area (Å²) in [5, 5.41) is 3.21. The summed E-state index contributed by atoms with van der Waals surface area (Å²) in [5.41, 5.74) is -0.165. The molecule has 0 aromatic heterocycles. The molecule has 0 radical (unpaired) electrons. The van der Waals surface area contributed by atoms with Gasteiger partial charge in [-0.05, 0) is 6.92 Å². The van der Waals surface area contributed by atoms with E-state index in [1.807, 2.05) is 6.92 Å². The van der Waals surface area contributed by atoms with Gasteiger partial charge in [0, 0.05) is 31.0 Å². The molecule has 0 aliphatic carbocycles. The van der Waals surface area contributed by atoms with Crippen LogP contribution in [0.2, 0.25) is 0 Å². The molecule has 11 heavy (non-hydrogen) atoms. The lowest BCUT2D eigenvalue weighted by Crippen LogP contribution is -2.47. The summed E-state index contributed by atoms with van der Waals surface area (Å²) in [7, 11) is 1.67. The zero-order valence-electron chi connectivity index (χ0n) is 6.99. The number of ether oxygens (including phenoxy) is 1. The minimum Gasteiger partial charge on any atom is -0.383 e. The highest BCUT2D eigenvalue weighted by molar-refractivity contribution is 6.22. The van der Waals surface area contributed by atoms with Crippen molar-refractivity contribution in [2.75, 3.05) is 32.0 Å². The summed E-state index contributed by atoms with van der Waals surface area (Å²) >= 11 is 11.4. The van der Waals surface area contributed by atoms with Crippen molar-refractivity contribution in [1.29, 1.82) is 0 Å². The second-order valence-electron chi connectivity index (χ2n) is 2.75. The van der Waals surface area contributed by atoms with E-state index in [4.69, 9.17) is 27.9 Å². The van der Waals surface area contributed by atoms with E-state index in [9.17, 15) is 0 Å². The zero-order chi connectivity index (χ0) is 8.74. The van der Waals surface area contributed by atoms with Crippen molar-refractivity contribution in [2.24, 2.45) is 0 Å². The predicted octanol–water partition coefficient (Wildman–Crippen LogP) is 1.46. The monoisotopic (exact) mass is 199 g/mol. The molecule has 0 spiro atoms. The Kier molecular flexibility index (Phi) is 6.34. The molecule has 0 aliphatic heterocycles. The van der Waals surface area contributed by atoms with Crippen molar-refractivity contribution in [3.63, 3.8) is 0 Å². The molecule has 4 heteroatoms. The first-order valence-corrected chi connectivity index (χ1v) is 4.61. The molecule has 0 amide bonds. The van der Waals surface area contributed by atoms with Crippen LogP contribution in [0.5, 0.6) is 0 Å². The summed E-state index contributed by atoms with van der Waals surface area (Å²) in [6.07, 6.45) is 0. The summed E-state index contributed by atoms with van der Waals surface area (Å²) in [6.45, 7) is 3.46. The van der Waals surface area contributed by atoms with Crippen LogP contribution in [0.3, 0.4) is 0 Å². The molecule has 0 saturated heterocycles. The second-order valence-corrected chi connectivity index (χ2v) is 3.28. The van der Waals surface area contributed by atoms with Crippen molar-refractivity contribution >= 4 is 23.2 Å². The predicted molar refractivity (Wildman–Crippen MR) is 49.7 cm³/mol. The topological polar surface area (TPSA) is 21.3 Å². The van der Waals surface area contributed by atoms with Crippen LogP contribution in [0, 0.1) is 0 Å². The Balaban J connectivity index is 3.51. The van der Waals surface area contributed by atoms with Gasteiger partial charge >= 0.3 is 0 Å². The largest absolute Gasteiger partial charge is 0.383 e. The highest BCUT2D eigenvalue weighted by Gasteiger charge is 2.20. The highest BCUT2D eigenvalue weighted by Crippen LogP contribution is 2.07. The van der Waals surface area contributed by atoms with E-state index < -0.39 is 0 Å². The number of alkyl halides is 2. The molecular formula is C7H15Cl2NO. The Labute approximate surface area is 78.2 Å². The summed E-state index contributed by atoms with van der Waals surface area (Å²) in [5.74, 6) is 1.03. The maximum atomic E-state index is 5.70. The van der Waals surface area contributed by atoms with Gasteiger partial charge < -0.3 is 10.1 Å². The van der Waals surface area contributed by atoms with Gasteiger partial charge in [-0.3, -0.25) is 0 Å². The Morgan fingerprint density at radius 2 is 1.91 bits per heavy atom. The SMILES string of the molecule is COCCNC(C)(CCl)CCl. The average Bonchev–Trinajstić information content (AvgIpc) is 2.05. The first kappa shape index (κ1) is 11.5. The molecule has 0 unspecified atom stereocenters. The number of hydrogen-bond donors (Lipinski definition) is 1. The van der Waals surface area contributed by atoms with E-state index in [1.165, 1.54) is 0 Å². The lowest BCUT2D eigenvalue weighted by Gasteiger charge is -2.25. The fourth-order valence-electron chi connectivity index (χ4n) is 0.585. The van der Waals surface area contributed by atoms with E-state index in [1.54, 1.807) is 7.11 Å². The number of hydrogen-bond acceptors (Lipinski definition) is 2. The summed E-state index contributed by atoms with van der Waals surface area (Å²) < 4.78 is 4.88. The third-order valence-electron chi connectivity index (χ3n) is 1.45. The normalized spacial score (nSPS) is 12.0. The molecule has 0 heterocycles. The van der Waals surface area contributed by atoms with E-state index in [0.29, 0.717) is 18.4 Å². The molecule has 0 aromatic carbocycles. The molecule has 68 valence electrons. The first-order chi connectivity index (χ1) is 5.18. The fraction of sp³-hybridized carbons (Fsp3) is 1.00. The molecular weight excluding hydrogens is 185 g/mol. The Morgan fingerprint density at radius 3 is 2.27 bits per heavy atom. The fourth-order valence-corrected chi connectivity index (χ4v) is 1.06. The van der Waals surface area contributed by atoms with Gasteiger partial charge in [0.1, 0.15) is 0 Å². The van der Waals surface area contributed by atoms with Gasteiger partial charge in [-0.2, -0.15) is 0 Å². The van der Waals surface area contributed by atoms with Gasteiger partial charge in [0.15, 0.2) is 0 Å². The minimum absolute atomic E-state index is 0.165. The van der Waals surface area contributed by atoms with Crippen LogP contribution in [-0.4, -0.2) is 37.6 Å². The van der Waals surface area contributed by atoms with Crippen molar-refractivity contribution in [1.82, 2.24) is 5.32 Å². The minimum atomic E-state index is -0.165. The van der Waals surface area contributed by atoms with E-state index >= 15 is 0 Å². The third kappa shape index (κ3) is 4.86. The molecule has 0 rings (SSSR count). The van der Waals surface area contributed by atoms with Crippen LogP contribution in [0.15, 0.2) is 0 Å². The smallest absolute Gasteiger partial charge is 0.0587 e. The maximum absolute atomic E-state index is 5.70. The first-order valence-electron chi connectivity index (χ1n) is 3.54. The van der Waals surface area contributed by atoms with Gasteiger partial charge in [0.25, 0.3) is 0 Å². The summed E-state index contributed by atoms with van der Waals surface area (Å²) in [6, 6.07) is 0. The lowest BCUT2D eigenvalue weighted by atomic mass is 10.1. The van der Waals surface area contributed by atoms with Gasteiger partial charge in [-0.25, -0.2) is 0 Å². The van der Waals surface area contributed by atoms with Crippen molar-refractivity contribution in [3.8, 4) is 0 Å². The van der Waals surface area contributed by atoms with Crippen LogP contribution in [-0.2, 0) is 4.74 Å². The van der Waals surface area contributed by atoms with Crippen LogP contribution in [0.25, 0.3) is 0 Å². The van der Waals surface area contributed by atoms with Crippen molar-refractivity contribution in [3.05, 3.63) is 0 Å². The number of nitrogens with one attached hydrogen (secondary N) is 1. The molecule has 0 atom stereocenters. The Morgan fingerprint density at radius 1 is 1.36 bits per heavy atom. The van der Waals surface area contributed by atoms with Crippen molar-refractivity contribution < 1.29 is 4.74 Å². The van der Waals surface area contributed by atoms with Gasteiger partial charge in [-0.1, -0.05) is 0 Å². The quantitative estimate of drug-likeness (QED) is 0.517. The van der Waals surface area contributed by atoms with E-state index in [-0.39, 0.29) is 5.54 Å². The molecule has 0 bridgehead atoms. The van der Waals surface area contributed by atoms with Gasteiger partial charge in [0.2, 0.25) is 0 Å². The van der Waals surface area contributed by atoms with Crippen molar-refractivity contribution in [2.45, 2.75) is 12.5 Å². The molecule has 0 saturated carbocycles. The van der Waals surface area contributed by atoms with Gasteiger partial charge in [0.05, 0.1) is 6.61 Å². The molecule has 1 N–H and O–H groups in total. The van der Waals surface area contributed by atoms with E-state index in [2.05, 4.69) is 5.32 Å². The highest BCUT2D eigenvalue weighted by atomic mass is 35.5. The molecule has 0 aromatic rings. The van der Waals surface area contributed by atoms with Crippen LogP contribution >= 0.6 is 23.2 Å². The van der Waals surface area contributed by atoms with E-state index in [0.717, 1.165) is 6.54 Å². The van der Waals surface area contributed by atoms with Crippen LogP contribution in [0.1, 0.15) is 6.92 Å². The van der Waals surface area contributed by atoms with Crippen LogP contribution < -0.4 is 5.32 Å². The van der Waals surface area contributed by atoms with Gasteiger partial charge in [-0.15, -0.1) is 23.2 Å². The molecule has 0 fully saturated rings. The summed E-state index contributed by atoms with van der Waals surface area (Å²) in [4.78, 5) is 0. The lowest BCUT2D eigenvalue weighted by molar-refractivity contribution is 0.191. The Hall–Kier alpha value is 0.500. The Bertz CT molecular complexity index is 96.4. The standard InChI is InChI=1S/C7H15Cl2NO/c1-7(5-8,6-9)10-3-4-11-2/h10H,3-6H2,1-2H3.